The smallest absolute Gasteiger partial charge is 0.326 e. The molecule has 7 N–H and O–H groups in total. The number of carbonyl (C=O) groups is 5. The zero-order valence-corrected chi connectivity index (χ0v) is 19.2. The number of rotatable bonds is 10. The molecule has 2 aromatic rings. The molecule has 2 heterocycles. The van der Waals surface area contributed by atoms with Crippen molar-refractivity contribution in [3.05, 3.63) is 36.0 Å². The highest BCUT2D eigenvalue weighted by atomic mass is 16.4. The average molecular weight is 488 g/mol. The fraction of sp³-hybridized carbons (Fsp3) is 0.435. The van der Waals surface area contributed by atoms with Gasteiger partial charge >= 0.3 is 11.9 Å². The Labute approximate surface area is 200 Å². The number of fused-ring (bicyclic) bond motifs is 1. The van der Waals surface area contributed by atoms with Crippen LogP contribution in [0.25, 0.3) is 10.9 Å². The fourth-order valence-electron chi connectivity index (χ4n) is 4.19. The molecule has 0 aliphatic carbocycles. The first-order valence-corrected chi connectivity index (χ1v) is 11.2. The van der Waals surface area contributed by atoms with Crippen molar-refractivity contribution >= 4 is 40.6 Å². The van der Waals surface area contributed by atoms with Crippen LogP contribution in [0.5, 0.6) is 0 Å². The van der Waals surface area contributed by atoms with Crippen molar-refractivity contribution in [1.82, 2.24) is 20.5 Å². The van der Waals surface area contributed by atoms with Gasteiger partial charge in [-0.05, 0) is 37.8 Å². The lowest BCUT2D eigenvalue weighted by atomic mass is 10.0. The Morgan fingerprint density at radius 1 is 1.17 bits per heavy atom. The van der Waals surface area contributed by atoms with Crippen molar-refractivity contribution in [3.8, 4) is 0 Å². The number of likely N-dealkylation sites (tertiary alicyclic amines) is 1. The Hall–Kier alpha value is -3.93. The molecule has 0 bridgehead atoms. The lowest BCUT2D eigenvalue weighted by Crippen LogP contribution is -2.56. The van der Waals surface area contributed by atoms with E-state index >= 15 is 0 Å². The number of aromatic amines is 1. The monoisotopic (exact) mass is 487 g/mol. The van der Waals surface area contributed by atoms with Gasteiger partial charge < -0.3 is 36.5 Å². The predicted molar refractivity (Wildman–Crippen MR) is 124 cm³/mol. The first-order valence-electron chi connectivity index (χ1n) is 11.2. The molecule has 3 rings (SSSR count). The van der Waals surface area contributed by atoms with Gasteiger partial charge in [0, 0.05) is 23.6 Å². The van der Waals surface area contributed by atoms with Crippen LogP contribution in [0, 0.1) is 0 Å². The number of nitrogens with one attached hydrogen (secondary N) is 3. The van der Waals surface area contributed by atoms with E-state index in [4.69, 9.17) is 15.9 Å². The van der Waals surface area contributed by atoms with Gasteiger partial charge in [0.15, 0.2) is 0 Å². The van der Waals surface area contributed by atoms with Crippen LogP contribution in [0.15, 0.2) is 30.5 Å². The number of aromatic nitrogens is 1. The Morgan fingerprint density at radius 2 is 1.89 bits per heavy atom. The van der Waals surface area contributed by atoms with Crippen LogP contribution in [0.1, 0.15) is 31.7 Å². The minimum absolute atomic E-state index is 0.284. The van der Waals surface area contributed by atoms with E-state index < -0.39 is 54.3 Å². The van der Waals surface area contributed by atoms with Crippen LogP contribution in [0.4, 0.5) is 0 Å². The average Bonchev–Trinajstić information content (AvgIpc) is 3.45. The third-order valence-electron chi connectivity index (χ3n) is 6.02. The second-order valence-electron chi connectivity index (χ2n) is 8.59. The largest absolute Gasteiger partial charge is 0.481 e. The number of carboxylic acid groups (broad SMARTS) is 2. The van der Waals surface area contributed by atoms with E-state index in [1.165, 1.54) is 11.8 Å². The van der Waals surface area contributed by atoms with E-state index in [9.17, 15) is 24.0 Å². The van der Waals surface area contributed by atoms with E-state index in [-0.39, 0.29) is 12.3 Å². The third kappa shape index (κ3) is 6.15. The van der Waals surface area contributed by atoms with Gasteiger partial charge in [-0.15, -0.1) is 0 Å². The SMILES string of the molecule is CC(NC(=O)C1CCCN1C(=O)C(N)Cc1c[nH]c2ccccc12)C(=O)NC(CC(=O)O)C(=O)O. The van der Waals surface area contributed by atoms with E-state index in [0.717, 1.165) is 16.5 Å². The van der Waals surface area contributed by atoms with Gasteiger partial charge in [-0.2, -0.15) is 0 Å². The molecule has 0 spiro atoms. The van der Waals surface area contributed by atoms with Gasteiger partial charge in [0.2, 0.25) is 17.7 Å². The molecule has 1 aliphatic heterocycles. The van der Waals surface area contributed by atoms with Crippen LogP contribution in [-0.4, -0.2) is 80.5 Å². The third-order valence-corrected chi connectivity index (χ3v) is 6.02. The summed E-state index contributed by atoms with van der Waals surface area (Å²) in [5.41, 5.74) is 8.03. The van der Waals surface area contributed by atoms with Gasteiger partial charge in [0.25, 0.3) is 0 Å². The number of hydrogen-bond acceptors (Lipinski definition) is 6. The lowest BCUT2D eigenvalue weighted by Gasteiger charge is -2.28. The minimum Gasteiger partial charge on any atom is -0.481 e. The highest BCUT2D eigenvalue weighted by molar-refractivity contribution is 5.95. The molecule has 4 atom stereocenters. The van der Waals surface area contributed by atoms with Crippen molar-refractivity contribution < 1.29 is 34.2 Å². The number of para-hydroxylation sites is 1. The molecule has 1 aromatic heterocycles. The standard InChI is InChI=1S/C23H29N5O7/c1-12(20(31)27-17(23(34)35)10-19(29)30)26-21(32)18-7-4-8-28(18)22(33)15(24)9-13-11-25-16-6-3-2-5-14(13)16/h2-3,5-6,11-12,15,17-18,25H,4,7-10,24H2,1H3,(H,26,32)(H,27,31)(H,29,30)(H,34,35). The summed E-state index contributed by atoms with van der Waals surface area (Å²) < 4.78 is 0. The molecule has 0 saturated carbocycles. The summed E-state index contributed by atoms with van der Waals surface area (Å²) in [6.45, 7) is 1.69. The van der Waals surface area contributed by atoms with Gasteiger partial charge in [-0.25, -0.2) is 4.79 Å². The van der Waals surface area contributed by atoms with Gasteiger partial charge in [0.1, 0.15) is 18.1 Å². The van der Waals surface area contributed by atoms with Crippen LogP contribution in [0.2, 0.25) is 0 Å². The topological polar surface area (TPSA) is 195 Å². The summed E-state index contributed by atoms with van der Waals surface area (Å²) in [5, 5.41) is 23.4. The van der Waals surface area contributed by atoms with E-state index in [1.807, 2.05) is 24.3 Å². The zero-order chi connectivity index (χ0) is 25.7. The molecular weight excluding hydrogens is 458 g/mol. The number of benzene rings is 1. The lowest BCUT2D eigenvalue weighted by molar-refractivity contribution is -0.147. The summed E-state index contributed by atoms with van der Waals surface area (Å²) in [4.78, 5) is 64.8. The number of nitrogens with two attached hydrogens (primary N) is 1. The van der Waals surface area contributed by atoms with Crippen molar-refractivity contribution in [1.29, 1.82) is 0 Å². The quantitative estimate of drug-likeness (QED) is 0.260. The first-order chi connectivity index (χ1) is 16.6. The summed E-state index contributed by atoms with van der Waals surface area (Å²) in [6.07, 6.45) is 2.26. The Balaban J connectivity index is 1.60. The fourth-order valence-corrected chi connectivity index (χ4v) is 4.19. The number of aliphatic carboxylic acids is 2. The Kier molecular flexibility index (Phi) is 8.07. The normalized spacial score (nSPS) is 18.0. The molecule has 12 nitrogen and oxygen atoms in total. The molecule has 1 aliphatic rings. The number of H-pyrrole nitrogens is 1. The molecule has 12 heteroatoms. The zero-order valence-electron chi connectivity index (χ0n) is 19.2. The molecule has 1 fully saturated rings. The van der Waals surface area contributed by atoms with Crippen LogP contribution in [0.3, 0.4) is 0 Å². The highest BCUT2D eigenvalue weighted by Gasteiger charge is 2.37. The van der Waals surface area contributed by atoms with E-state index in [2.05, 4.69) is 15.6 Å². The molecule has 188 valence electrons. The maximum absolute atomic E-state index is 13.1. The number of carboxylic acids is 2. The van der Waals surface area contributed by atoms with E-state index in [0.29, 0.717) is 19.4 Å². The minimum atomic E-state index is -1.63. The first kappa shape index (κ1) is 25.7. The number of carbonyl (C=O) groups excluding carboxylic acids is 3. The van der Waals surface area contributed by atoms with Crippen molar-refractivity contribution in [2.45, 2.75) is 56.8 Å². The molecule has 35 heavy (non-hydrogen) atoms. The van der Waals surface area contributed by atoms with E-state index in [1.54, 1.807) is 6.20 Å². The van der Waals surface area contributed by atoms with Crippen molar-refractivity contribution in [2.24, 2.45) is 5.73 Å². The van der Waals surface area contributed by atoms with Gasteiger partial charge in [-0.3, -0.25) is 19.2 Å². The maximum atomic E-state index is 13.1. The van der Waals surface area contributed by atoms with Crippen molar-refractivity contribution in [3.63, 3.8) is 0 Å². The number of amides is 3. The molecule has 0 radical (unpaired) electrons. The highest BCUT2D eigenvalue weighted by Crippen LogP contribution is 2.22. The van der Waals surface area contributed by atoms with Crippen LogP contribution >= 0.6 is 0 Å². The number of hydrogen-bond donors (Lipinski definition) is 6. The van der Waals surface area contributed by atoms with Crippen LogP contribution < -0.4 is 16.4 Å². The van der Waals surface area contributed by atoms with Gasteiger partial charge in [0.05, 0.1) is 12.5 Å². The second-order valence-corrected chi connectivity index (χ2v) is 8.59. The van der Waals surface area contributed by atoms with Gasteiger partial charge in [-0.1, -0.05) is 18.2 Å². The maximum Gasteiger partial charge on any atom is 0.326 e. The Morgan fingerprint density at radius 3 is 2.57 bits per heavy atom. The molecular formula is C23H29N5O7. The predicted octanol–water partition coefficient (Wildman–Crippen LogP) is -0.422. The molecule has 4 unspecified atom stereocenters. The second kappa shape index (κ2) is 11.0. The summed E-state index contributed by atoms with van der Waals surface area (Å²) in [6, 6.07) is 3.19. The van der Waals surface area contributed by atoms with Crippen LogP contribution in [-0.2, 0) is 30.4 Å². The number of nitrogens with zero attached hydrogens (tertiary/aromatic N) is 1. The summed E-state index contributed by atoms with van der Waals surface area (Å²) in [7, 11) is 0. The summed E-state index contributed by atoms with van der Waals surface area (Å²) >= 11 is 0. The molecule has 1 aromatic carbocycles. The summed E-state index contributed by atoms with van der Waals surface area (Å²) in [5.74, 6) is -4.69. The Bertz CT molecular complexity index is 1130. The molecule has 3 amide bonds. The molecule has 1 saturated heterocycles. The van der Waals surface area contributed by atoms with Crippen molar-refractivity contribution in [2.75, 3.05) is 6.54 Å².